The number of hydrogen-bond acceptors (Lipinski definition) is 1. The highest BCUT2D eigenvalue weighted by Gasteiger charge is 2.08. The topological polar surface area (TPSA) is 9.23 Å². The fourth-order valence-corrected chi connectivity index (χ4v) is 0.663. The molecule has 8 heavy (non-hydrogen) atoms. The van der Waals surface area contributed by atoms with Gasteiger partial charge in [0.2, 0.25) is 0 Å². The second-order valence-electron chi connectivity index (χ2n) is 2.00. The van der Waals surface area contributed by atoms with Gasteiger partial charge in [0.1, 0.15) is 6.11 Å². The van der Waals surface area contributed by atoms with E-state index in [1.165, 1.54) is 12.8 Å². The minimum atomic E-state index is 0.273. The summed E-state index contributed by atoms with van der Waals surface area (Å²) in [6, 6.07) is 0. The van der Waals surface area contributed by atoms with Gasteiger partial charge in [0.15, 0.2) is 6.10 Å². The van der Waals surface area contributed by atoms with Crippen molar-refractivity contribution in [3.05, 3.63) is 0 Å². The van der Waals surface area contributed by atoms with Gasteiger partial charge in [-0.25, -0.2) is 0 Å². The predicted molar refractivity (Wildman–Crippen MR) is 32.2 cm³/mol. The Hall–Kier alpha value is -0.640. The van der Waals surface area contributed by atoms with Gasteiger partial charge in [-0.15, -0.1) is 0 Å². The summed E-state index contributed by atoms with van der Waals surface area (Å²) in [5.41, 5.74) is 0. The first-order valence-electron chi connectivity index (χ1n) is 3.09. The summed E-state index contributed by atoms with van der Waals surface area (Å²) in [5.74, 6) is 2.91. The van der Waals surface area contributed by atoms with Gasteiger partial charge >= 0.3 is 0 Å². The smallest absolute Gasteiger partial charge is 0.174 e. The summed E-state index contributed by atoms with van der Waals surface area (Å²) in [4.78, 5) is 0. The molecule has 0 aliphatic carbocycles. The van der Waals surface area contributed by atoms with E-state index >= 15 is 0 Å². The highest BCUT2D eigenvalue weighted by molar-refractivity contribution is 5.09. The molecule has 1 heteroatoms. The van der Waals surface area contributed by atoms with Crippen LogP contribution in [-0.4, -0.2) is 6.10 Å². The van der Waals surface area contributed by atoms with Gasteiger partial charge in [0.05, 0.1) is 0 Å². The van der Waals surface area contributed by atoms with E-state index in [2.05, 4.69) is 19.0 Å². The van der Waals surface area contributed by atoms with Crippen molar-refractivity contribution in [3.8, 4) is 12.0 Å². The zero-order chi connectivity index (χ0) is 5.82. The van der Waals surface area contributed by atoms with Crippen molar-refractivity contribution >= 4 is 0 Å². The number of rotatable bonds is 3. The Morgan fingerprint density at radius 1 is 1.62 bits per heavy atom. The highest BCUT2D eigenvalue weighted by atomic mass is 16.5. The third-order valence-corrected chi connectivity index (χ3v) is 1.24. The lowest BCUT2D eigenvalue weighted by Crippen LogP contribution is -2.13. The van der Waals surface area contributed by atoms with Crippen LogP contribution >= 0.6 is 0 Å². The molecule has 0 radical (unpaired) electrons. The Morgan fingerprint density at radius 3 is 2.75 bits per heavy atom. The van der Waals surface area contributed by atoms with Crippen molar-refractivity contribution in [2.24, 2.45) is 0 Å². The van der Waals surface area contributed by atoms with Crippen LogP contribution in [0.2, 0.25) is 0 Å². The maximum Gasteiger partial charge on any atom is 0.174 e. The lowest BCUT2D eigenvalue weighted by Gasteiger charge is -2.11. The molecule has 0 aromatic heterocycles. The zero-order valence-electron chi connectivity index (χ0n) is 5.11. The second-order valence-corrected chi connectivity index (χ2v) is 2.00. The molecule has 0 aromatic carbocycles. The SMILES string of the molecule is CCCCC1C#CO1. The standard InChI is InChI=1S/C7H10O/c1-2-3-4-7-5-6-8-7/h7H,2-4H2,1H3. The maximum absolute atomic E-state index is 4.87. The first kappa shape index (κ1) is 5.50. The van der Waals surface area contributed by atoms with Crippen LogP contribution in [-0.2, 0) is 4.74 Å². The molecule has 1 unspecified atom stereocenters. The Labute approximate surface area is 50.0 Å². The maximum atomic E-state index is 4.87. The Balaban J connectivity index is 1.98. The van der Waals surface area contributed by atoms with Crippen LogP contribution in [0.25, 0.3) is 0 Å². The molecule has 1 rings (SSSR count). The number of unbranched alkanes of at least 4 members (excludes halogenated alkanes) is 1. The Kier molecular flexibility index (Phi) is 1.80. The van der Waals surface area contributed by atoms with Crippen molar-refractivity contribution < 1.29 is 4.74 Å². The predicted octanol–water partition coefficient (Wildman–Crippen LogP) is 1.54. The van der Waals surface area contributed by atoms with Gasteiger partial charge in [-0.05, 0) is 18.8 Å². The molecule has 1 nitrogen and oxygen atoms in total. The van der Waals surface area contributed by atoms with E-state index in [-0.39, 0.29) is 6.10 Å². The minimum Gasteiger partial charge on any atom is -0.430 e. The van der Waals surface area contributed by atoms with Crippen molar-refractivity contribution in [1.82, 2.24) is 0 Å². The first-order valence-corrected chi connectivity index (χ1v) is 3.09. The summed E-state index contributed by atoms with van der Waals surface area (Å²) >= 11 is 0. The van der Waals surface area contributed by atoms with E-state index in [9.17, 15) is 0 Å². The number of hydrogen-bond donors (Lipinski definition) is 0. The van der Waals surface area contributed by atoms with Crippen molar-refractivity contribution in [1.29, 1.82) is 0 Å². The molecule has 1 aliphatic heterocycles. The summed E-state index contributed by atoms with van der Waals surface area (Å²) in [7, 11) is 0. The molecule has 0 fully saturated rings. The fourth-order valence-electron chi connectivity index (χ4n) is 0.663. The summed E-state index contributed by atoms with van der Waals surface area (Å²) < 4.78 is 4.87. The van der Waals surface area contributed by atoms with Crippen molar-refractivity contribution in [3.63, 3.8) is 0 Å². The molecule has 0 saturated heterocycles. The average Bonchev–Trinajstić information content (AvgIpc) is 1.63. The van der Waals surface area contributed by atoms with E-state index in [0.717, 1.165) is 6.42 Å². The minimum absolute atomic E-state index is 0.273. The average molecular weight is 110 g/mol. The van der Waals surface area contributed by atoms with Crippen LogP contribution in [0.4, 0.5) is 0 Å². The van der Waals surface area contributed by atoms with Gasteiger partial charge in [-0.3, -0.25) is 0 Å². The third kappa shape index (κ3) is 1.16. The summed E-state index contributed by atoms with van der Waals surface area (Å²) in [6.45, 7) is 2.17. The first-order chi connectivity index (χ1) is 3.93. The molecule has 0 N–H and O–H groups in total. The molecule has 44 valence electrons. The van der Waals surface area contributed by atoms with E-state index in [4.69, 9.17) is 4.74 Å². The van der Waals surface area contributed by atoms with Crippen LogP contribution in [0.15, 0.2) is 0 Å². The van der Waals surface area contributed by atoms with E-state index in [1.807, 2.05) is 0 Å². The Morgan fingerprint density at radius 2 is 2.38 bits per heavy atom. The van der Waals surface area contributed by atoms with Crippen LogP contribution < -0.4 is 0 Å². The van der Waals surface area contributed by atoms with Gasteiger partial charge in [0.25, 0.3) is 0 Å². The monoisotopic (exact) mass is 110 g/mol. The van der Waals surface area contributed by atoms with E-state index in [1.54, 1.807) is 0 Å². The van der Waals surface area contributed by atoms with Crippen LogP contribution in [0.1, 0.15) is 26.2 Å². The molecular formula is C7H10O. The molecule has 1 atom stereocenters. The van der Waals surface area contributed by atoms with Gasteiger partial charge < -0.3 is 4.74 Å². The normalized spacial score (nSPS) is 22.4. The van der Waals surface area contributed by atoms with Crippen LogP contribution in [0.5, 0.6) is 0 Å². The quantitative estimate of drug-likeness (QED) is 0.501. The molecule has 1 aliphatic rings. The zero-order valence-corrected chi connectivity index (χ0v) is 5.11. The lowest BCUT2D eigenvalue weighted by atomic mass is 10.1. The molecule has 0 aromatic rings. The lowest BCUT2D eigenvalue weighted by molar-refractivity contribution is 0.176. The van der Waals surface area contributed by atoms with Crippen molar-refractivity contribution in [2.75, 3.05) is 0 Å². The fraction of sp³-hybridized carbons (Fsp3) is 0.714. The highest BCUT2D eigenvalue weighted by Crippen LogP contribution is 2.07. The third-order valence-electron chi connectivity index (χ3n) is 1.24. The molecule has 0 bridgehead atoms. The number of ether oxygens (including phenoxy) is 1. The summed E-state index contributed by atoms with van der Waals surface area (Å²) in [6.07, 6.45) is 6.38. The van der Waals surface area contributed by atoms with Crippen LogP contribution in [0, 0.1) is 12.0 Å². The van der Waals surface area contributed by atoms with Gasteiger partial charge in [0, 0.05) is 0 Å². The second kappa shape index (κ2) is 2.61. The van der Waals surface area contributed by atoms with E-state index in [0.29, 0.717) is 0 Å². The van der Waals surface area contributed by atoms with Gasteiger partial charge in [-0.2, -0.15) is 0 Å². The van der Waals surface area contributed by atoms with Gasteiger partial charge in [-0.1, -0.05) is 13.3 Å². The van der Waals surface area contributed by atoms with E-state index < -0.39 is 0 Å². The largest absolute Gasteiger partial charge is 0.430 e. The van der Waals surface area contributed by atoms with Crippen molar-refractivity contribution in [2.45, 2.75) is 32.3 Å². The molecule has 1 heterocycles. The molecule has 0 spiro atoms. The summed E-state index contributed by atoms with van der Waals surface area (Å²) in [5, 5.41) is 0. The molecular weight excluding hydrogens is 100 g/mol. The molecule has 0 amide bonds. The van der Waals surface area contributed by atoms with Crippen LogP contribution in [0.3, 0.4) is 0 Å². The molecule has 0 saturated carbocycles. The Bertz CT molecular complexity index is 118.